The minimum absolute atomic E-state index is 0.104. The third-order valence-electron chi connectivity index (χ3n) is 6.33. The first-order chi connectivity index (χ1) is 21.9. The number of hydrogen-bond acceptors (Lipinski definition) is 7. The van der Waals surface area contributed by atoms with Crippen molar-refractivity contribution in [1.82, 2.24) is 10.3 Å². The van der Waals surface area contributed by atoms with Gasteiger partial charge in [-0.25, -0.2) is 9.37 Å². The summed E-state index contributed by atoms with van der Waals surface area (Å²) in [5.74, 6) is -1.14. The third-order valence-corrected chi connectivity index (χ3v) is 8.08. The number of thioether (sulfide) groups is 1. The van der Waals surface area contributed by atoms with E-state index in [4.69, 9.17) is 4.74 Å². The molecular formula is C34H27FN4O4S2. The Balaban J connectivity index is 1.23. The zero-order valence-corrected chi connectivity index (χ0v) is 25.6. The summed E-state index contributed by atoms with van der Waals surface area (Å²) in [6.45, 7) is 0. The maximum atomic E-state index is 14.4. The summed E-state index contributed by atoms with van der Waals surface area (Å²) in [6.07, 6.45) is 1.28. The van der Waals surface area contributed by atoms with Gasteiger partial charge in [-0.15, -0.1) is 23.1 Å². The van der Waals surface area contributed by atoms with Gasteiger partial charge in [0.15, 0.2) is 5.13 Å². The molecule has 5 aromatic rings. The second kappa shape index (κ2) is 15.0. The van der Waals surface area contributed by atoms with Gasteiger partial charge in [-0.1, -0.05) is 54.6 Å². The van der Waals surface area contributed by atoms with Crippen molar-refractivity contribution in [3.63, 3.8) is 0 Å². The van der Waals surface area contributed by atoms with Crippen LogP contribution in [0.4, 0.5) is 15.2 Å². The van der Waals surface area contributed by atoms with Gasteiger partial charge >= 0.3 is 0 Å². The fraction of sp³-hybridized carbons (Fsp3) is 0.0588. The van der Waals surface area contributed by atoms with Crippen LogP contribution >= 0.6 is 23.1 Å². The monoisotopic (exact) mass is 638 g/mol. The number of benzene rings is 4. The Kier molecular flexibility index (Phi) is 10.4. The van der Waals surface area contributed by atoms with Crippen molar-refractivity contribution in [2.45, 2.75) is 4.90 Å². The van der Waals surface area contributed by atoms with Gasteiger partial charge < -0.3 is 20.7 Å². The van der Waals surface area contributed by atoms with Crippen molar-refractivity contribution in [1.29, 1.82) is 0 Å². The second-order valence-corrected chi connectivity index (χ2v) is 11.4. The number of para-hydroxylation sites is 1. The van der Waals surface area contributed by atoms with Crippen molar-refractivity contribution in [2.24, 2.45) is 0 Å². The standard InChI is InChI=1S/C34H27FN4O4S2/c1-43-30-17-8-6-15-26(30)29-20-45-34(38-29)39-31(40)21-44-25-14-9-13-24(19-25)36-33(42)28(18-23-12-5-7-16-27(23)35)37-32(41)22-10-3-2-4-11-22/h2-20H,21H2,1H3,(H,36,42)(H,37,41)(H,38,39,40)/b28-18-. The van der Waals surface area contributed by atoms with Gasteiger partial charge in [-0.3, -0.25) is 14.4 Å². The third kappa shape index (κ3) is 8.43. The molecule has 0 aliphatic heterocycles. The minimum Gasteiger partial charge on any atom is -0.496 e. The zero-order valence-electron chi connectivity index (χ0n) is 24.0. The number of hydrogen-bond donors (Lipinski definition) is 3. The van der Waals surface area contributed by atoms with Crippen LogP contribution in [0.15, 0.2) is 119 Å². The first-order valence-corrected chi connectivity index (χ1v) is 15.5. The van der Waals surface area contributed by atoms with E-state index in [0.29, 0.717) is 27.8 Å². The lowest BCUT2D eigenvalue weighted by Crippen LogP contribution is -2.30. The molecule has 3 N–H and O–H groups in total. The number of thiazole rings is 1. The predicted octanol–water partition coefficient (Wildman–Crippen LogP) is 7.10. The molecule has 0 spiro atoms. The van der Waals surface area contributed by atoms with Crippen molar-refractivity contribution in [3.8, 4) is 17.0 Å². The summed E-state index contributed by atoms with van der Waals surface area (Å²) >= 11 is 2.59. The topological polar surface area (TPSA) is 109 Å². The Hall–Kier alpha value is -5.26. The van der Waals surface area contributed by atoms with E-state index in [1.54, 1.807) is 61.7 Å². The molecule has 1 heterocycles. The minimum atomic E-state index is -0.642. The van der Waals surface area contributed by atoms with Crippen LogP contribution in [-0.4, -0.2) is 35.6 Å². The number of nitrogens with zero attached hydrogens (tertiary/aromatic N) is 1. The normalized spacial score (nSPS) is 11.0. The molecule has 0 bridgehead atoms. The van der Waals surface area contributed by atoms with Crippen molar-refractivity contribution >= 4 is 57.7 Å². The molecule has 1 aromatic heterocycles. The van der Waals surface area contributed by atoms with Crippen LogP contribution in [0.1, 0.15) is 15.9 Å². The average Bonchev–Trinajstić information content (AvgIpc) is 3.53. The van der Waals surface area contributed by atoms with Crippen LogP contribution in [0.2, 0.25) is 0 Å². The lowest BCUT2D eigenvalue weighted by Gasteiger charge is -2.12. The van der Waals surface area contributed by atoms with Crippen LogP contribution in [0, 0.1) is 5.82 Å². The predicted molar refractivity (Wildman–Crippen MR) is 177 cm³/mol. The van der Waals surface area contributed by atoms with Crippen LogP contribution in [0.3, 0.4) is 0 Å². The molecule has 3 amide bonds. The number of amides is 3. The van der Waals surface area contributed by atoms with Gasteiger partial charge in [-0.2, -0.15) is 0 Å². The van der Waals surface area contributed by atoms with Gasteiger partial charge in [-0.05, 0) is 54.6 Å². The molecule has 5 rings (SSSR count). The highest BCUT2D eigenvalue weighted by Crippen LogP contribution is 2.32. The van der Waals surface area contributed by atoms with E-state index >= 15 is 0 Å². The summed E-state index contributed by atoms with van der Waals surface area (Å²) < 4.78 is 19.8. The Morgan fingerprint density at radius 3 is 2.47 bits per heavy atom. The lowest BCUT2D eigenvalue weighted by molar-refractivity contribution is -0.114. The van der Waals surface area contributed by atoms with E-state index in [2.05, 4.69) is 20.9 Å². The Morgan fingerprint density at radius 2 is 1.67 bits per heavy atom. The van der Waals surface area contributed by atoms with Crippen LogP contribution in [-0.2, 0) is 9.59 Å². The summed E-state index contributed by atoms with van der Waals surface area (Å²) in [6, 6.07) is 28.8. The first-order valence-electron chi connectivity index (χ1n) is 13.6. The highest BCUT2D eigenvalue weighted by molar-refractivity contribution is 8.00. The van der Waals surface area contributed by atoms with Crippen LogP contribution in [0.5, 0.6) is 5.75 Å². The molecule has 0 radical (unpaired) electrons. The number of carbonyl (C=O) groups excluding carboxylic acids is 3. The van der Waals surface area contributed by atoms with Gasteiger partial charge in [0, 0.05) is 32.7 Å². The number of rotatable bonds is 11. The summed E-state index contributed by atoms with van der Waals surface area (Å²) in [5.41, 5.74) is 2.31. The van der Waals surface area contributed by atoms with Gasteiger partial charge in [0.1, 0.15) is 17.3 Å². The maximum absolute atomic E-state index is 14.4. The number of anilines is 2. The smallest absolute Gasteiger partial charge is 0.272 e. The molecule has 0 saturated heterocycles. The quantitative estimate of drug-likeness (QED) is 0.105. The van der Waals surface area contributed by atoms with Gasteiger partial charge in [0.2, 0.25) is 5.91 Å². The zero-order chi connectivity index (χ0) is 31.6. The van der Waals surface area contributed by atoms with Crippen LogP contribution < -0.4 is 20.7 Å². The van der Waals surface area contributed by atoms with Crippen molar-refractivity contribution in [3.05, 3.63) is 131 Å². The summed E-state index contributed by atoms with van der Waals surface area (Å²) in [7, 11) is 1.59. The number of carbonyl (C=O) groups is 3. The molecule has 0 aliphatic rings. The molecule has 0 atom stereocenters. The number of aromatic nitrogens is 1. The molecule has 45 heavy (non-hydrogen) atoms. The fourth-order valence-corrected chi connectivity index (χ4v) is 5.65. The van der Waals surface area contributed by atoms with E-state index in [-0.39, 0.29) is 22.9 Å². The molecule has 4 aromatic carbocycles. The van der Waals surface area contributed by atoms with Crippen molar-refractivity contribution in [2.75, 3.05) is 23.5 Å². The molecule has 0 saturated carbocycles. The molecule has 8 nitrogen and oxygen atoms in total. The van der Waals surface area contributed by atoms with E-state index < -0.39 is 17.6 Å². The highest BCUT2D eigenvalue weighted by atomic mass is 32.2. The summed E-state index contributed by atoms with van der Waals surface area (Å²) in [5, 5.41) is 10.5. The Labute approximate surface area is 267 Å². The Bertz CT molecular complexity index is 1860. The molecule has 0 unspecified atom stereocenters. The SMILES string of the molecule is COc1ccccc1-c1csc(NC(=O)CSc2cccc(NC(=O)/C(=C/c3ccccc3F)NC(=O)c3ccccc3)c2)n1. The molecular weight excluding hydrogens is 612 g/mol. The molecule has 0 fully saturated rings. The first kappa shape index (κ1) is 31.2. The second-order valence-electron chi connectivity index (χ2n) is 9.46. The number of ether oxygens (including phenoxy) is 1. The van der Waals surface area contributed by atoms with E-state index in [0.717, 1.165) is 10.5 Å². The van der Waals surface area contributed by atoms with Crippen molar-refractivity contribution < 1.29 is 23.5 Å². The molecule has 0 aliphatic carbocycles. The maximum Gasteiger partial charge on any atom is 0.272 e. The molecule has 11 heteroatoms. The summed E-state index contributed by atoms with van der Waals surface area (Å²) in [4.78, 5) is 44.1. The average molecular weight is 639 g/mol. The highest BCUT2D eigenvalue weighted by Gasteiger charge is 2.17. The van der Waals surface area contributed by atoms with Crippen LogP contribution in [0.25, 0.3) is 17.3 Å². The largest absolute Gasteiger partial charge is 0.496 e. The van der Waals surface area contributed by atoms with E-state index in [9.17, 15) is 18.8 Å². The van der Waals surface area contributed by atoms with E-state index in [1.165, 1.54) is 47.4 Å². The number of halogens is 1. The number of nitrogens with one attached hydrogen (secondary N) is 3. The Morgan fingerprint density at radius 1 is 0.911 bits per heavy atom. The number of methoxy groups -OCH3 is 1. The van der Waals surface area contributed by atoms with Gasteiger partial charge in [0.05, 0.1) is 18.6 Å². The lowest BCUT2D eigenvalue weighted by atomic mass is 10.1. The van der Waals surface area contributed by atoms with E-state index in [1.807, 2.05) is 35.7 Å². The fourth-order valence-electron chi connectivity index (χ4n) is 4.17. The van der Waals surface area contributed by atoms with Gasteiger partial charge in [0.25, 0.3) is 11.8 Å². The molecule has 226 valence electrons.